The highest BCUT2D eigenvalue weighted by Crippen LogP contribution is 2.29. The molecule has 0 heterocycles. The quantitative estimate of drug-likeness (QED) is 0.778. The lowest BCUT2D eigenvalue weighted by molar-refractivity contribution is 0.595. The fourth-order valence-electron chi connectivity index (χ4n) is 1.76. The summed E-state index contributed by atoms with van der Waals surface area (Å²) >= 11 is 3.15. The van der Waals surface area contributed by atoms with Crippen LogP contribution in [0.15, 0.2) is 70.7 Å². The van der Waals surface area contributed by atoms with E-state index >= 15 is 0 Å². The minimum atomic E-state index is -3.78. The fourth-order valence-corrected chi connectivity index (χ4v) is 3.85. The Bertz CT molecular complexity index is 743. The number of sulfonamides is 1. The number of hydrogen-bond donors (Lipinski definition) is 0. The van der Waals surface area contributed by atoms with E-state index in [2.05, 4.69) is 15.9 Å². The maximum atomic E-state index is 12.8. The molecule has 0 saturated carbocycles. The highest BCUT2D eigenvalue weighted by Gasteiger charge is 2.26. The smallest absolute Gasteiger partial charge is 0.228 e. The molecule has 0 unspecified atom stereocenters. The second kappa shape index (κ2) is 5.81. The minimum absolute atomic E-state index is 0.147. The van der Waals surface area contributed by atoms with Crippen LogP contribution in [0.25, 0.3) is 0 Å². The zero-order valence-electron chi connectivity index (χ0n) is 11.8. The van der Waals surface area contributed by atoms with Gasteiger partial charge in [0.15, 0.2) is 0 Å². The average Bonchev–Trinajstić information content (AvgIpc) is 2.48. The number of halogens is 1. The van der Waals surface area contributed by atoms with Crippen LogP contribution in [0.3, 0.4) is 0 Å². The number of para-hydroxylation sites is 1. The van der Waals surface area contributed by atoms with Gasteiger partial charge in [0.2, 0.25) is 0 Å². The van der Waals surface area contributed by atoms with Gasteiger partial charge in [-0.05, 0) is 47.1 Å². The van der Waals surface area contributed by atoms with E-state index < -0.39 is 10.0 Å². The lowest BCUT2D eigenvalue weighted by Gasteiger charge is -2.23. The predicted octanol–water partition coefficient (Wildman–Crippen LogP) is 4.06. The Labute approximate surface area is 129 Å². The van der Waals surface area contributed by atoms with Crippen molar-refractivity contribution in [3.8, 4) is 0 Å². The van der Waals surface area contributed by atoms with Crippen molar-refractivity contribution in [3.63, 3.8) is 0 Å². The highest BCUT2D eigenvalue weighted by molar-refractivity contribution is 9.11. The van der Waals surface area contributed by atoms with Crippen molar-refractivity contribution in [3.05, 3.63) is 71.3 Å². The summed E-state index contributed by atoms with van der Waals surface area (Å²) in [5.41, 5.74) is 1.45. The molecular weight excluding hydrogens is 338 g/mol. The number of aryl methyl sites for hydroxylation is 1. The van der Waals surface area contributed by atoms with Crippen molar-refractivity contribution >= 4 is 31.6 Å². The summed E-state index contributed by atoms with van der Waals surface area (Å²) in [6, 6.07) is 15.3. The first kappa shape index (κ1) is 13.4. The third-order valence-electron chi connectivity index (χ3n) is 2.74. The van der Waals surface area contributed by atoms with E-state index in [4.69, 9.17) is 1.37 Å². The summed E-state index contributed by atoms with van der Waals surface area (Å²) in [5.74, 6) is 0. The van der Waals surface area contributed by atoms with Gasteiger partial charge in [-0.25, -0.2) is 12.7 Å². The highest BCUT2D eigenvalue weighted by atomic mass is 79.9. The second-order valence-corrected chi connectivity index (χ2v) is 6.84. The first-order valence-corrected chi connectivity index (χ1v) is 8.11. The van der Waals surface area contributed by atoms with Crippen LogP contribution in [0.1, 0.15) is 6.93 Å². The lowest BCUT2D eigenvalue weighted by atomic mass is 10.2. The number of benzene rings is 2. The molecule has 0 saturated heterocycles. The molecule has 0 aromatic heterocycles. The molecule has 0 aliphatic carbocycles. The zero-order chi connectivity index (χ0) is 15.5. The van der Waals surface area contributed by atoms with Crippen molar-refractivity contribution < 1.29 is 9.79 Å². The molecule has 104 valence electrons. The molecule has 0 spiro atoms. The van der Waals surface area contributed by atoms with E-state index in [1.165, 1.54) is 0 Å². The maximum Gasteiger partial charge on any atom is 0.269 e. The zero-order valence-corrected chi connectivity index (χ0v) is 13.2. The van der Waals surface area contributed by atoms with Crippen molar-refractivity contribution in [1.82, 2.24) is 0 Å². The van der Waals surface area contributed by atoms with E-state index in [1.54, 1.807) is 54.6 Å². The Hall–Kier alpha value is -1.59. The average molecular weight is 353 g/mol. The number of nitrogens with zero attached hydrogens (tertiary/aromatic N) is 1. The Morgan fingerprint density at radius 3 is 2.30 bits per heavy atom. The third kappa shape index (κ3) is 2.94. The monoisotopic (exact) mass is 352 g/mol. The van der Waals surface area contributed by atoms with Crippen LogP contribution >= 0.6 is 15.9 Å². The molecule has 0 radical (unpaired) electrons. The molecule has 5 heteroatoms. The van der Waals surface area contributed by atoms with Gasteiger partial charge in [-0.15, -0.1) is 0 Å². The SMILES string of the molecule is [2H]C=C(Br)N(c1ccccc1)S(=O)(=O)c1ccc(C)cc1. The lowest BCUT2D eigenvalue weighted by Crippen LogP contribution is -2.27. The largest absolute Gasteiger partial charge is 0.269 e. The summed E-state index contributed by atoms with van der Waals surface area (Å²) in [6.07, 6.45) is 0. The Kier molecular flexibility index (Phi) is 3.89. The van der Waals surface area contributed by atoms with Crippen LogP contribution in [0.2, 0.25) is 0 Å². The van der Waals surface area contributed by atoms with Crippen LogP contribution in [-0.2, 0) is 10.0 Å². The van der Waals surface area contributed by atoms with E-state index in [9.17, 15) is 8.42 Å². The van der Waals surface area contributed by atoms with Gasteiger partial charge in [0.25, 0.3) is 10.0 Å². The second-order valence-electron chi connectivity index (χ2n) is 4.24. The summed E-state index contributed by atoms with van der Waals surface area (Å²) in [6.45, 7) is 2.85. The van der Waals surface area contributed by atoms with Crippen LogP contribution in [0.5, 0.6) is 0 Å². The molecule has 2 aromatic rings. The normalized spacial score (nSPS) is 12.9. The number of anilines is 1. The molecule has 3 nitrogen and oxygen atoms in total. The Morgan fingerprint density at radius 1 is 1.15 bits per heavy atom. The van der Waals surface area contributed by atoms with Gasteiger partial charge in [0, 0.05) is 0 Å². The summed E-state index contributed by atoms with van der Waals surface area (Å²) in [7, 11) is -3.78. The van der Waals surface area contributed by atoms with Crippen LogP contribution in [-0.4, -0.2) is 8.42 Å². The van der Waals surface area contributed by atoms with Gasteiger partial charge in [-0.3, -0.25) is 0 Å². The van der Waals surface area contributed by atoms with Crippen molar-refractivity contribution in [2.24, 2.45) is 0 Å². The van der Waals surface area contributed by atoms with Crippen molar-refractivity contribution in [2.75, 3.05) is 4.31 Å². The molecule has 0 atom stereocenters. The van der Waals surface area contributed by atoms with Gasteiger partial charge in [-0.2, -0.15) is 0 Å². The van der Waals surface area contributed by atoms with Crippen LogP contribution in [0, 0.1) is 6.92 Å². The van der Waals surface area contributed by atoms with Gasteiger partial charge < -0.3 is 0 Å². The Balaban J connectivity index is 2.58. The van der Waals surface area contributed by atoms with Crippen molar-refractivity contribution in [1.29, 1.82) is 0 Å². The van der Waals surface area contributed by atoms with Gasteiger partial charge in [-0.1, -0.05) is 42.5 Å². The molecule has 20 heavy (non-hydrogen) atoms. The third-order valence-corrected chi connectivity index (χ3v) is 5.09. The molecule has 0 bridgehead atoms. The summed E-state index contributed by atoms with van der Waals surface area (Å²) < 4.78 is 34.2. The van der Waals surface area contributed by atoms with Gasteiger partial charge >= 0.3 is 0 Å². The van der Waals surface area contributed by atoms with E-state index in [0.717, 1.165) is 16.4 Å². The first-order valence-electron chi connectivity index (χ1n) is 6.45. The van der Waals surface area contributed by atoms with Crippen molar-refractivity contribution in [2.45, 2.75) is 11.8 Å². The summed E-state index contributed by atoms with van der Waals surface area (Å²) in [5, 5.41) is 0. The molecule has 0 aliphatic heterocycles. The van der Waals surface area contributed by atoms with Crippen LogP contribution < -0.4 is 4.31 Å². The predicted molar refractivity (Wildman–Crippen MR) is 85.4 cm³/mol. The van der Waals surface area contributed by atoms with Gasteiger partial charge in [0.05, 0.1) is 16.6 Å². The number of hydrogen-bond acceptors (Lipinski definition) is 2. The standard InChI is InChI=1S/C15H14BrNO2S/c1-12-8-10-15(11-9-12)20(18,19)17(13(2)16)14-6-4-3-5-7-14/h3-11H,2H2,1H3/i2D. The molecule has 0 aliphatic rings. The van der Waals surface area contributed by atoms with Crippen LogP contribution in [0.4, 0.5) is 5.69 Å². The minimum Gasteiger partial charge on any atom is -0.228 e. The molecule has 2 rings (SSSR count). The molecule has 2 aromatic carbocycles. The fraction of sp³-hybridized carbons (Fsp3) is 0.0667. The number of rotatable bonds is 4. The Morgan fingerprint density at radius 2 is 1.75 bits per heavy atom. The van der Waals surface area contributed by atoms with E-state index in [-0.39, 0.29) is 9.50 Å². The first-order chi connectivity index (χ1) is 9.96. The molecule has 0 amide bonds. The van der Waals surface area contributed by atoms with E-state index in [1.807, 2.05) is 6.92 Å². The topological polar surface area (TPSA) is 37.4 Å². The molecular formula is C15H14BrNO2S. The molecule has 0 N–H and O–H groups in total. The van der Waals surface area contributed by atoms with E-state index in [0.29, 0.717) is 5.69 Å². The maximum absolute atomic E-state index is 12.8. The molecule has 0 fully saturated rings. The van der Waals surface area contributed by atoms with Gasteiger partial charge in [0.1, 0.15) is 0 Å². The summed E-state index contributed by atoms with van der Waals surface area (Å²) in [4.78, 5) is 0.177.